The minimum atomic E-state index is 0.271. The summed E-state index contributed by atoms with van der Waals surface area (Å²) in [6.07, 6.45) is 0. The summed E-state index contributed by atoms with van der Waals surface area (Å²) >= 11 is 6.04. The summed E-state index contributed by atoms with van der Waals surface area (Å²) in [5.41, 5.74) is 10.9. The fourth-order valence-corrected chi connectivity index (χ4v) is 2.57. The van der Waals surface area contributed by atoms with Crippen LogP contribution in [0.4, 0.5) is 0 Å². The van der Waals surface area contributed by atoms with E-state index in [-0.39, 0.29) is 5.75 Å². The molecule has 4 nitrogen and oxygen atoms in total. The zero-order valence-corrected chi connectivity index (χ0v) is 15.7. The van der Waals surface area contributed by atoms with Gasteiger partial charge in [0.2, 0.25) is 0 Å². The van der Waals surface area contributed by atoms with Crippen LogP contribution in [0, 0.1) is 13.8 Å². The van der Waals surface area contributed by atoms with Crippen LogP contribution in [0.2, 0.25) is 0 Å². The van der Waals surface area contributed by atoms with Crippen molar-refractivity contribution in [3.63, 3.8) is 0 Å². The molecule has 3 N–H and O–H groups in total. The van der Waals surface area contributed by atoms with Gasteiger partial charge in [0.05, 0.1) is 0 Å². The summed E-state index contributed by atoms with van der Waals surface area (Å²) in [5, 5.41) is 10.5. The van der Waals surface area contributed by atoms with E-state index in [1.54, 1.807) is 7.05 Å². The lowest BCUT2D eigenvalue weighted by Crippen LogP contribution is -2.05. The molecule has 0 fully saturated rings. The number of ether oxygens (including phenoxy) is 1. The second-order valence-corrected chi connectivity index (χ2v) is 6.26. The van der Waals surface area contributed by atoms with Crippen molar-refractivity contribution >= 4 is 22.5 Å². The molecule has 2 aromatic carbocycles. The van der Waals surface area contributed by atoms with Crippen LogP contribution in [0.1, 0.15) is 29.2 Å². The van der Waals surface area contributed by atoms with Gasteiger partial charge >= 0.3 is 0 Å². The Morgan fingerprint density at radius 2 is 1.92 bits per heavy atom. The maximum atomic E-state index is 10.1. The lowest BCUT2D eigenvalue weighted by Gasteiger charge is -2.13. The lowest BCUT2D eigenvalue weighted by atomic mass is 10.0. The number of allylic oxidation sites excluding steroid dienone is 1. The summed E-state index contributed by atoms with van der Waals surface area (Å²) < 4.78 is 5.86. The third-order valence-electron chi connectivity index (χ3n) is 4.10. The van der Waals surface area contributed by atoms with Gasteiger partial charge in [-0.25, -0.2) is 0 Å². The van der Waals surface area contributed by atoms with E-state index in [4.69, 9.17) is 22.1 Å². The lowest BCUT2D eigenvalue weighted by molar-refractivity contribution is 0.297. The molecule has 0 heterocycles. The van der Waals surface area contributed by atoms with Gasteiger partial charge in [0.15, 0.2) is 0 Å². The van der Waals surface area contributed by atoms with E-state index in [0.717, 1.165) is 33.6 Å². The van der Waals surface area contributed by atoms with Crippen molar-refractivity contribution < 1.29 is 9.84 Å². The summed E-state index contributed by atoms with van der Waals surface area (Å²) in [5.74, 6) is 1.01. The van der Waals surface area contributed by atoms with Crippen molar-refractivity contribution in [2.75, 3.05) is 7.05 Å². The zero-order valence-electron chi connectivity index (χ0n) is 14.9. The highest BCUT2D eigenvalue weighted by atomic mass is 35.5. The van der Waals surface area contributed by atoms with E-state index >= 15 is 0 Å². The van der Waals surface area contributed by atoms with Crippen molar-refractivity contribution in [3.8, 4) is 11.5 Å². The molecule has 0 amide bonds. The highest BCUT2D eigenvalue weighted by molar-refractivity contribution is 6.70. The van der Waals surface area contributed by atoms with Crippen LogP contribution in [0.25, 0.3) is 5.70 Å². The maximum Gasteiger partial charge on any atom is 0.128 e. The number of aromatic hydroxyl groups is 1. The van der Waals surface area contributed by atoms with Crippen LogP contribution >= 0.6 is 11.6 Å². The molecular formula is C20H23ClN2O2. The first kappa shape index (κ1) is 18.9. The van der Waals surface area contributed by atoms with Crippen molar-refractivity contribution in [2.45, 2.75) is 27.4 Å². The molecule has 0 saturated carbocycles. The van der Waals surface area contributed by atoms with Gasteiger partial charge in [0.25, 0.3) is 0 Å². The quantitative estimate of drug-likeness (QED) is 0.771. The molecule has 0 atom stereocenters. The molecule has 132 valence electrons. The summed E-state index contributed by atoms with van der Waals surface area (Å²) in [4.78, 5) is 3.95. The second kappa shape index (κ2) is 8.08. The first-order chi connectivity index (χ1) is 11.8. The number of benzene rings is 2. The predicted octanol–water partition coefficient (Wildman–Crippen LogP) is 4.54. The molecule has 25 heavy (non-hydrogen) atoms. The Hall–Kier alpha value is -2.46. The van der Waals surface area contributed by atoms with Crippen molar-refractivity contribution in [3.05, 3.63) is 64.2 Å². The van der Waals surface area contributed by atoms with Gasteiger partial charge in [-0.05, 0) is 55.7 Å². The summed E-state index contributed by atoms with van der Waals surface area (Å²) in [6.45, 7) is 5.95. The van der Waals surface area contributed by atoms with Crippen LogP contribution < -0.4 is 10.5 Å². The number of rotatable bonds is 5. The van der Waals surface area contributed by atoms with E-state index in [1.165, 1.54) is 0 Å². The minimum absolute atomic E-state index is 0.271. The van der Waals surface area contributed by atoms with Crippen molar-refractivity contribution in [1.82, 2.24) is 0 Å². The first-order valence-electron chi connectivity index (χ1n) is 7.95. The number of halogens is 1. The third-order valence-corrected chi connectivity index (χ3v) is 4.55. The third kappa shape index (κ3) is 4.34. The molecule has 0 aliphatic heterocycles. The molecule has 2 rings (SSSR count). The highest BCUT2D eigenvalue weighted by Gasteiger charge is 2.10. The Morgan fingerprint density at radius 1 is 1.20 bits per heavy atom. The summed E-state index contributed by atoms with van der Waals surface area (Å²) in [6, 6.07) is 11.3. The topological polar surface area (TPSA) is 67.8 Å². The Morgan fingerprint density at radius 3 is 2.56 bits per heavy atom. The smallest absolute Gasteiger partial charge is 0.128 e. The van der Waals surface area contributed by atoms with Crippen LogP contribution in [0.3, 0.4) is 0 Å². The normalized spacial score (nSPS) is 12.8. The number of phenols is 1. The van der Waals surface area contributed by atoms with Gasteiger partial charge in [0, 0.05) is 23.9 Å². The minimum Gasteiger partial charge on any atom is -0.507 e. The second-order valence-electron chi connectivity index (χ2n) is 5.90. The monoisotopic (exact) mass is 358 g/mol. The van der Waals surface area contributed by atoms with Gasteiger partial charge < -0.3 is 15.6 Å². The fraction of sp³-hybridized carbons (Fsp3) is 0.250. The van der Waals surface area contributed by atoms with Gasteiger partial charge in [-0.15, -0.1) is 0 Å². The molecule has 0 aromatic heterocycles. The average molecular weight is 359 g/mol. The first-order valence-corrected chi connectivity index (χ1v) is 8.33. The number of nitrogens with zero attached hydrogens (tertiary/aromatic N) is 1. The Labute approximate surface area is 153 Å². The molecule has 0 unspecified atom stereocenters. The maximum absolute atomic E-state index is 10.1. The van der Waals surface area contributed by atoms with Crippen LogP contribution in [-0.4, -0.2) is 17.3 Å². The number of phenolic OH excluding ortho intramolecular Hbond substituents is 1. The molecule has 0 saturated heterocycles. The largest absolute Gasteiger partial charge is 0.507 e. The van der Waals surface area contributed by atoms with Crippen molar-refractivity contribution in [2.24, 2.45) is 10.7 Å². The molecular weight excluding hydrogens is 336 g/mol. The van der Waals surface area contributed by atoms with Gasteiger partial charge in [0.1, 0.15) is 23.3 Å². The molecule has 0 bridgehead atoms. The fourth-order valence-electron chi connectivity index (χ4n) is 2.47. The highest BCUT2D eigenvalue weighted by Crippen LogP contribution is 2.27. The molecule has 5 heteroatoms. The Balaban J connectivity index is 2.21. The zero-order chi connectivity index (χ0) is 18.6. The molecule has 0 radical (unpaired) electrons. The number of hydrogen-bond donors (Lipinski definition) is 2. The van der Waals surface area contributed by atoms with Gasteiger partial charge in [-0.3, -0.25) is 4.99 Å². The van der Waals surface area contributed by atoms with Crippen molar-refractivity contribution in [1.29, 1.82) is 0 Å². The number of aryl methyl sites for hydroxylation is 2. The number of para-hydroxylation sites is 1. The molecule has 0 aliphatic rings. The average Bonchev–Trinajstić information content (AvgIpc) is 2.61. The standard InChI is InChI=1S/C20H23ClN2O2/c1-12-6-5-7-16(19(12)24)11-25-17-9-8-15(10-13(17)2)18(22)14(3)20(21)23-4/h5-10,24H,11,22H2,1-4H3. The number of hydrogen-bond acceptors (Lipinski definition) is 4. The van der Waals surface area contributed by atoms with Crippen LogP contribution in [0.5, 0.6) is 11.5 Å². The van der Waals surface area contributed by atoms with E-state index in [2.05, 4.69) is 4.99 Å². The van der Waals surface area contributed by atoms with E-state index in [1.807, 2.05) is 57.2 Å². The molecule has 0 aliphatic carbocycles. The van der Waals surface area contributed by atoms with E-state index < -0.39 is 0 Å². The van der Waals surface area contributed by atoms with E-state index in [0.29, 0.717) is 17.5 Å². The van der Waals surface area contributed by atoms with E-state index in [9.17, 15) is 5.11 Å². The van der Waals surface area contributed by atoms with Gasteiger partial charge in [-0.1, -0.05) is 29.8 Å². The number of nitrogens with two attached hydrogens (primary N) is 1. The molecule has 0 spiro atoms. The Bertz CT molecular complexity index is 842. The number of aliphatic imine (C=N–C) groups is 1. The Kier molecular flexibility index (Phi) is 6.10. The SMILES string of the molecule is CN=C(Cl)C(C)=C(N)c1ccc(OCc2cccc(C)c2O)c(C)c1. The molecule has 2 aromatic rings. The van der Waals surface area contributed by atoms with Crippen LogP contribution in [0.15, 0.2) is 47.0 Å². The van der Waals surface area contributed by atoms with Gasteiger partial charge in [-0.2, -0.15) is 0 Å². The summed E-state index contributed by atoms with van der Waals surface area (Å²) in [7, 11) is 1.63. The van der Waals surface area contributed by atoms with Crippen LogP contribution in [-0.2, 0) is 6.61 Å². The predicted molar refractivity (Wildman–Crippen MR) is 104 cm³/mol.